The molecule has 1 aromatic carbocycles. The molecule has 2 rings (SSSR count). The molecule has 9 heteroatoms. The molecule has 26 heavy (non-hydrogen) atoms. The van der Waals surface area contributed by atoms with Gasteiger partial charge in [0.25, 0.3) is 0 Å². The molecule has 2 N–H and O–H groups in total. The first-order valence-corrected chi connectivity index (χ1v) is 8.09. The van der Waals surface area contributed by atoms with E-state index in [2.05, 4.69) is 4.74 Å². The second-order valence-electron chi connectivity index (χ2n) is 7.05. The molecule has 144 valence electrons. The van der Waals surface area contributed by atoms with Crippen LogP contribution in [0.3, 0.4) is 0 Å². The summed E-state index contributed by atoms with van der Waals surface area (Å²) < 4.78 is 66.6. The van der Waals surface area contributed by atoms with Gasteiger partial charge in [-0.3, -0.25) is 0 Å². The Balaban J connectivity index is 2.24. The second-order valence-corrected chi connectivity index (χ2v) is 7.05. The quantitative estimate of drug-likeness (QED) is 0.606. The smallest absolute Gasteiger partial charge is 0.428 e. The van der Waals surface area contributed by atoms with Crippen molar-refractivity contribution in [3.05, 3.63) is 35.3 Å². The fourth-order valence-electron chi connectivity index (χ4n) is 2.30. The minimum absolute atomic E-state index is 0.106. The van der Waals surface area contributed by atoms with E-state index in [4.69, 9.17) is 15.0 Å². The average Bonchev–Trinajstić information content (AvgIpc) is 2.72. The van der Waals surface area contributed by atoms with Crippen LogP contribution in [-0.4, -0.2) is 37.4 Å². The van der Waals surface area contributed by atoms with Crippen LogP contribution in [0.2, 0.25) is 0 Å². The molecular formula is C17H22BF4NO3. The Hall–Kier alpha value is -1.58. The third-order valence-corrected chi connectivity index (χ3v) is 4.51. The predicted octanol–water partition coefficient (Wildman–Crippen LogP) is 3.90. The third kappa shape index (κ3) is 4.39. The molecule has 1 aliphatic rings. The van der Waals surface area contributed by atoms with Crippen LogP contribution in [0.25, 0.3) is 6.08 Å². The van der Waals surface area contributed by atoms with Crippen molar-refractivity contribution in [2.75, 3.05) is 6.54 Å². The Labute approximate surface area is 150 Å². The lowest BCUT2D eigenvalue weighted by molar-refractivity contribution is -0.253. The van der Waals surface area contributed by atoms with E-state index in [9.17, 15) is 17.6 Å². The van der Waals surface area contributed by atoms with Gasteiger partial charge in [-0.2, -0.15) is 17.6 Å². The highest BCUT2D eigenvalue weighted by Gasteiger charge is 2.52. The molecule has 0 bridgehead atoms. The summed E-state index contributed by atoms with van der Waals surface area (Å²) >= 11 is 0. The predicted molar refractivity (Wildman–Crippen MR) is 91.1 cm³/mol. The first-order valence-electron chi connectivity index (χ1n) is 8.09. The molecule has 0 spiro atoms. The number of benzene rings is 1. The topological polar surface area (TPSA) is 53.7 Å². The van der Waals surface area contributed by atoms with Crippen LogP contribution in [0.15, 0.2) is 29.7 Å². The minimum atomic E-state index is -4.56. The molecule has 0 unspecified atom stereocenters. The van der Waals surface area contributed by atoms with Gasteiger partial charge in [0, 0.05) is 6.54 Å². The maximum Gasteiger partial charge on any atom is 0.491 e. The Morgan fingerprint density at radius 2 is 1.81 bits per heavy atom. The molecule has 0 radical (unpaired) electrons. The van der Waals surface area contributed by atoms with E-state index >= 15 is 0 Å². The van der Waals surface area contributed by atoms with Crippen molar-refractivity contribution >= 4 is 13.2 Å². The lowest BCUT2D eigenvalue weighted by Gasteiger charge is -2.32. The van der Waals surface area contributed by atoms with Crippen molar-refractivity contribution in [3.63, 3.8) is 0 Å². The fraction of sp³-hybridized carbons (Fsp3) is 0.529. The molecule has 0 saturated carbocycles. The van der Waals surface area contributed by atoms with Gasteiger partial charge in [0.15, 0.2) is 0 Å². The van der Waals surface area contributed by atoms with E-state index in [0.717, 1.165) is 0 Å². The van der Waals surface area contributed by atoms with E-state index in [1.807, 2.05) is 27.7 Å². The Morgan fingerprint density at radius 3 is 2.31 bits per heavy atom. The Bertz CT molecular complexity index is 664. The van der Waals surface area contributed by atoms with Gasteiger partial charge >= 0.3 is 19.7 Å². The molecule has 1 aliphatic heterocycles. The zero-order chi connectivity index (χ0) is 19.8. The van der Waals surface area contributed by atoms with Crippen molar-refractivity contribution in [1.29, 1.82) is 0 Å². The normalized spacial score (nSPS) is 19.9. The SMILES string of the molecule is CC1(C)OB(C(=Cc2cccc(OC(F)(F)C(F)F)c2)CN)OC1(C)C. The highest BCUT2D eigenvalue weighted by molar-refractivity contribution is 6.55. The molecule has 0 amide bonds. The summed E-state index contributed by atoms with van der Waals surface area (Å²) in [6.45, 7) is 7.67. The summed E-state index contributed by atoms with van der Waals surface area (Å²) in [4.78, 5) is 0. The van der Waals surface area contributed by atoms with E-state index in [0.29, 0.717) is 11.0 Å². The molecule has 0 aromatic heterocycles. The van der Waals surface area contributed by atoms with Crippen molar-refractivity contribution in [2.45, 2.75) is 51.4 Å². The maximum absolute atomic E-state index is 13.1. The number of nitrogens with two attached hydrogens (primary N) is 1. The standard InChI is InChI=1S/C17H22BF4NO3/c1-15(2)16(3,4)26-18(25-15)12(10-23)8-11-6-5-7-13(9-11)24-17(21,22)14(19)20/h5-9,14H,10,23H2,1-4H3. The van der Waals surface area contributed by atoms with Crippen LogP contribution in [-0.2, 0) is 9.31 Å². The van der Waals surface area contributed by atoms with Crippen LogP contribution >= 0.6 is 0 Å². The molecule has 1 aromatic rings. The maximum atomic E-state index is 13.1. The monoisotopic (exact) mass is 375 g/mol. The van der Waals surface area contributed by atoms with Crippen LogP contribution in [0.1, 0.15) is 33.3 Å². The minimum Gasteiger partial charge on any atom is -0.428 e. The van der Waals surface area contributed by atoms with E-state index in [-0.39, 0.29) is 12.3 Å². The van der Waals surface area contributed by atoms with Gasteiger partial charge in [0.05, 0.1) is 11.2 Å². The van der Waals surface area contributed by atoms with Crippen LogP contribution in [0.5, 0.6) is 5.75 Å². The summed E-state index contributed by atoms with van der Waals surface area (Å²) in [5.74, 6) is -0.380. The summed E-state index contributed by atoms with van der Waals surface area (Å²) in [5, 5.41) is 0. The lowest BCUT2D eigenvalue weighted by Crippen LogP contribution is -2.41. The third-order valence-electron chi connectivity index (χ3n) is 4.51. The highest BCUT2D eigenvalue weighted by Crippen LogP contribution is 2.38. The number of alkyl halides is 4. The summed E-state index contributed by atoms with van der Waals surface area (Å²) in [6, 6.07) is 5.41. The molecule has 1 saturated heterocycles. The van der Waals surface area contributed by atoms with Crippen LogP contribution in [0.4, 0.5) is 17.6 Å². The van der Waals surface area contributed by atoms with Gasteiger partial charge in [-0.15, -0.1) is 0 Å². The van der Waals surface area contributed by atoms with E-state index < -0.39 is 30.9 Å². The molecule has 0 aliphatic carbocycles. The Morgan fingerprint density at radius 1 is 1.23 bits per heavy atom. The van der Waals surface area contributed by atoms with Gasteiger partial charge in [0.1, 0.15) is 5.75 Å². The zero-order valence-corrected chi connectivity index (χ0v) is 15.1. The molecule has 1 heterocycles. The highest BCUT2D eigenvalue weighted by atomic mass is 19.3. The number of halogens is 4. The van der Waals surface area contributed by atoms with Gasteiger partial charge in [-0.05, 0) is 50.9 Å². The van der Waals surface area contributed by atoms with E-state index in [1.54, 1.807) is 12.1 Å². The number of hydrogen-bond donors (Lipinski definition) is 1. The van der Waals surface area contributed by atoms with Gasteiger partial charge < -0.3 is 19.8 Å². The van der Waals surface area contributed by atoms with Crippen molar-refractivity contribution in [3.8, 4) is 5.75 Å². The molecule has 4 nitrogen and oxygen atoms in total. The number of rotatable bonds is 6. The summed E-state index contributed by atoms with van der Waals surface area (Å²) in [5.41, 5.74) is 5.69. The largest absolute Gasteiger partial charge is 0.491 e. The van der Waals surface area contributed by atoms with Crippen LogP contribution in [0, 0.1) is 0 Å². The lowest BCUT2D eigenvalue weighted by atomic mass is 9.77. The average molecular weight is 375 g/mol. The molecular weight excluding hydrogens is 353 g/mol. The summed E-state index contributed by atoms with van der Waals surface area (Å²) in [6.07, 6.45) is -6.88. The van der Waals surface area contributed by atoms with E-state index in [1.165, 1.54) is 18.2 Å². The van der Waals surface area contributed by atoms with Gasteiger partial charge in [0.2, 0.25) is 0 Å². The van der Waals surface area contributed by atoms with Crippen LogP contribution < -0.4 is 10.5 Å². The first kappa shape index (κ1) is 20.7. The number of hydrogen-bond acceptors (Lipinski definition) is 4. The molecule has 1 fully saturated rings. The first-order chi connectivity index (χ1) is 11.9. The summed E-state index contributed by atoms with van der Waals surface area (Å²) in [7, 11) is -0.697. The van der Waals surface area contributed by atoms with Crippen molar-refractivity contribution < 1.29 is 31.6 Å². The second kappa shape index (κ2) is 7.21. The van der Waals surface area contributed by atoms with Gasteiger partial charge in [-0.25, -0.2) is 0 Å². The Kier molecular flexibility index (Phi) is 5.75. The number of ether oxygens (including phenoxy) is 1. The van der Waals surface area contributed by atoms with Gasteiger partial charge in [-0.1, -0.05) is 18.2 Å². The fourth-order valence-corrected chi connectivity index (χ4v) is 2.30. The van der Waals surface area contributed by atoms with Crippen molar-refractivity contribution in [2.24, 2.45) is 5.73 Å². The van der Waals surface area contributed by atoms with Crippen molar-refractivity contribution in [1.82, 2.24) is 0 Å². The zero-order valence-electron chi connectivity index (χ0n) is 15.1. The molecule has 0 atom stereocenters.